The van der Waals surface area contributed by atoms with E-state index in [1.54, 1.807) is 36.4 Å². The van der Waals surface area contributed by atoms with E-state index in [4.69, 9.17) is 20.9 Å². The number of nitriles is 1. The molecule has 0 amide bonds. The monoisotopic (exact) mass is 532 g/mol. The van der Waals surface area contributed by atoms with E-state index in [1.165, 1.54) is 18.2 Å². The van der Waals surface area contributed by atoms with E-state index in [0.717, 1.165) is 0 Å². The standard InChI is InChI=1S/C27H22ClFN6O3/c28-21-7-6-20(29)14-19(21)15-27(17-30)10-12-35(13-11-27)24-9-8-22(32-33-24)25-31-23(34-38-25)16-37-26(36)18-4-2-1-3-5-18/h1-9,14H,10-13,15-16H2. The number of piperidine rings is 1. The minimum absolute atomic E-state index is 0.141. The summed E-state index contributed by atoms with van der Waals surface area (Å²) in [6, 6.07) is 18.8. The van der Waals surface area contributed by atoms with Gasteiger partial charge in [0.1, 0.15) is 5.82 Å². The van der Waals surface area contributed by atoms with Crippen LogP contribution in [-0.2, 0) is 17.8 Å². The van der Waals surface area contributed by atoms with Crippen LogP contribution >= 0.6 is 11.6 Å². The number of halogens is 2. The maximum atomic E-state index is 13.7. The number of hydrogen-bond donors (Lipinski definition) is 0. The number of ether oxygens (including phenoxy) is 1. The van der Waals surface area contributed by atoms with E-state index in [2.05, 4.69) is 26.4 Å². The summed E-state index contributed by atoms with van der Waals surface area (Å²) in [7, 11) is 0. The number of esters is 1. The Morgan fingerprint density at radius 1 is 1.13 bits per heavy atom. The predicted molar refractivity (Wildman–Crippen MR) is 135 cm³/mol. The SMILES string of the molecule is N#CC1(Cc2cc(F)ccc2Cl)CCN(c2ccc(-c3nc(COC(=O)c4ccccc4)no3)nn2)CC1. The molecule has 1 fully saturated rings. The molecule has 2 aromatic heterocycles. The van der Waals surface area contributed by atoms with E-state index in [0.29, 0.717) is 60.0 Å². The van der Waals surface area contributed by atoms with Crippen LogP contribution in [0, 0.1) is 22.6 Å². The third-order valence-corrected chi connectivity index (χ3v) is 6.87. The summed E-state index contributed by atoms with van der Waals surface area (Å²) in [4.78, 5) is 18.4. The molecule has 38 heavy (non-hydrogen) atoms. The molecule has 0 radical (unpaired) electrons. The Morgan fingerprint density at radius 2 is 1.92 bits per heavy atom. The third kappa shape index (κ3) is 5.63. The summed E-state index contributed by atoms with van der Waals surface area (Å²) in [5.74, 6) is 0.163. The number of rotatable bonds is 7. The lowest BCUT2D eigenvalue weighted by Gasteiger charge is -2.38. The third-order valence-electron chi connectivity index (χ3n) is 6.50. The van der Waals surface area contributed by atoms with Gasteiger partial charge < -0.3 is 14.2 Å². The van der Waals surface area contributed by atoms with Crippen molar-refractivity contribution in [3.8, 4) is 17.7 Å². The molecule has 1 saturated heterocycles. The molecule has 1 aliphatic rings. The van der Waals surface area contributed by atoms with Gasteiger partial charge in [0.05, 0.1) is 17.0 Å². The van der Waals surface area contributed by atoms with Crippen LogP contribution in [-0.4, -0.2) is 39.4 Å². The van der Waals surface area contributed by atoms with Crippen LogP contribution in [0.1, 0.15) is 34.6 Å². The number of nitrogens with zero attached hydrogens (tertiary/aromatic N) is 6. The fourth-order valence-corrected chi connectivity index (χ4v) is 4.53. The Hall–Kier alpha value is -4.36. The molecule has 1 aliphatic heterocycles. The fourth-order valence-electron chi connectivity index (χ4n) is 4.35. The number of carbonyl (C=O) groups excluding carboxylic acids is 1. The molecule has 0 spiro atoms. The highest BCUT2D eigenvalue weighted by atomic mass is 35.5. The molecule has 9 nitrogen and oxygen atoms in total. The maximum Gasteiger partial charge on any atom is 0.338 e. The van der Waals surface area contributed by atoms with Gasteiger partial charge in [-0.25, -0.2) is 9.18 Å². The van der Waals surface area contributed by atoms with Gasteiger partial charge in [-0.15, -0.1) is 10.2 Å². The van der Waals surface area contributed by atoms with Gasteiger partial charge >= 0.3 is 5.97 Å². The number of hydrogen-bond acceptors (Lipinski definition) is 9. The molecule has 2 aromatic carbocycles. The van der Waals surface area contributed by atoms with Gasteiger partial charge in [-0.05, 0) is 67.3 Å². The molecule has 0 saturated carbocycles. The molecule has 192 valence electrons. The molecule has 0 atom stereocenters. The summed E-state index contributed by atoms with van der Waals surface area (Å²) in [5.41, 5.74) is 0.816. The van der Waals surface area contributed by atoms with Crippen LogP contribution < -0.4 is 4.90 Å². The van der Waals surface area contributed by atoms with Gasteiger partial charge in [0.15, 0.2) is 18.1 Å². The zero-order valence-corrected chi connectivity index (χ0v) is 20.9. The van der Waals surface area contributed by atoms with E-state index in [-0.39, 0.29) is 24.1 Å². The Bertz CT molecular complexity index is 1460. The lowest BCUT2D eigenvalue weighted by Crippen LogP contribution is -2.41. The van der Waals surface area contributed by atoms with Gasteiger partial charge in [-0.1, -0.05) is 35.0 Å². The molecule has 0 aliphatic carbocycles. The van der Waals surface area contributed by atoms with Gasteiger partial charge in [-0.3, -0.25) is 0 Å². The molecular formula is C27H22ClFN6O3. The lowest BCUT2D eigenvalue weighted by molar-refractivity contribution is 0.0459. The van der Waals surface area contributed by atoms with Gasteiger partial charge in [0, 0.05) is 18.1 Å². The van der Waals surface area contributed by atoms with Crippen molar-refractivity contribution in [3.05, 3.63) is 88.5 Å². The van der Waals surface area contributed by atoms with Crippen LogP contribution in [0.5, 0.6) is 0 Å². The number of aromatic nitrogens is 4. The summed E-state index contributed by atoms with van der Waals surface area (Å²) in [6.07, 6.45) is 1.54. The Morgan fingerprint density at radius 3 is 2.63 bits per heavy atom. The van der Waals surface area contributed by atoms with Crippen molar-refractivity contribution in [2.75, 3.05) is 18.0 Å². The van der Waals surface area contributed by atoms with E-state index in [1.807, 2.05) is 11.0 Å². The molecule has 4 aromatic rings. The first-order valence-corrected chi connectivity index (χ1v) is 12.3. The topological polar surface area (TPSA) is 118 Å². The highest BCUT2D eigenvalue weighted by Crippen LogP contribution is 2.37. The number of carbonyl (C=O) groups is 1. The first-order valence-electron chi connectivity index (χ1n) is 11.9. The Balaban J connectivity index is 1.18. The highest BCUT2D eigenvalue weighted by molar-refractivity contribution is 6.31. The summed E-state index contributed by atoms with van der Waals surface area (Å²) >= 11 is 6.24. The minimum atomic E-state index is -0.634. The molecule has 0 unspecified atom stereocenters. The van der Waals surface area contributed by atoms with Crippen molar-refractivity contribution < 1.29 is 18.4 Å². The summed E-state index contributed by atoms with van der Waals surface area (Å²) < 4.78 is 24.2. The van der Waals surface area contributed by atoms with Gasteiger partial charge in [0.2, 0.25) is 5.82 Å². The molecule has 0 bridgehead atoms. The fraction of sp³-hybridized carbons (Fsp3) is 0.259. The second-order valence-electron chi connectivity index (χ2n) is 9.03. The van der Waals surface area contributed by atoms with Crippen LogP contribution in [0.4, 0.5) is 10.2 Å². The highest BCUT2D eigenvalue weighted by Gasteiger charge is 2.36. The summed E-state index contributed by atoms with van der Waals surface area (Å²) in [6.45, 7) is 1.04. The largest absolute Gasteiger partial charge is 0.454 e. The van der Waals surface area contributed by atoms with Crippen molar-refractivity contribution in [1.82, 2.24) is 20.3 Å². The van der Waals surface area contributed by atoms with Crippen molar-refractivity contribution in [2.24, 2.45) is 5.41 Å². The Kier molecular flexibility index (Phi) is 7.29. The second-order valence-corrected chi connectivity index (χ2v) is 9.43. The summed E-state index contributed by atoms with van der Waals surface area (Å²) in [5, 5.41) is 22.7. The Labute approximate surface area is 222 Å². The normalized spacial score (nSPS) is 14.6. The molecule has 0 N–H and O–H groups in total. The minimum Gasteiger partial charge on any atom is -0.454 e. The molecule has 3 heterocycles. The molecule has 11 heteroatoms. The number of benzene rings is 2. The zero-order chi connectivity index (χ0) is 26.5. The van der Waals surface area contributed by atoms with Crippen LogP contribution in [0.15, 0.2) is 65.2 Å². The van der Waals surface area contributed by atoms with Gasteiger partial charge in [-0.2, -0.15) is 10.2 Å². The smallest absolute Gasteiger partial charge is 0.338 e. The van der Waals surface area contributed by atoms with E-state index >= 15 is 0 Å². The number of anilines is 1. The first kappa shape index (κ1) is 25.3. The lowest BCUT2D eigenvalue weighted by atomic mass is 9.75. The van der Waals surface area contributed by atoms with Crippen molar-refractivity contribution in [3.63, 3.8) is 0 Å². The predicted octanol–water partition coefficient (Wildman–Crippen LogP) is 5.03. The van der Waals surface area contributed by atoms with E-state index < -0.39 is 11.4 Å². The quantitative estimate of drug-likeness (QED) is 0.302. The van der Waals surface area contributed by atoms with Gasteiger partial charge in [0.25, 0.3) is 5.89 Å². The van der Waals surface area contributed by atoms with Crippen LogP contribution in [0.3, 0.4) is 0 Å². The molecule has 5 rings (SSSR count). The average Bonchev–Trinajstić information content (AvgIpc) is 3.44. The second kappa shape index (κ2) is 10.9. The zero-order valence-electron chi connectivity index (χ0n) is 20.2. The van der Waals surface area contributed by atoms with Crippen LogP contribution in [0.2, 0.25) is 5.02 Å². The first-order chi connectivity index (χ1) is 18.4. The van der Waals surface area contributed by atoms with Crippen molar-refractivity contribution in [1.29, 1.82) is 5.26 Å². The van der Waals surface area contributed by atoms with E-state index in [9.17, 15) is 14.4 Å². The van der Waals surface area contributed by atoms with Crippen molar-refractivity contribution >= 4 is 23.4 Å². The maximum absolute atomic E-state index is 13.7. The molecular weight excluding hydrogens is 511 g/mol. The van der Waals surface area contributed by atoms with Crippen molar-refractivity contribution in [2.45, 2.75) is 25.9 Å². The van der Waals surface area contributed by atoms with Crippen LogP contribution in [0.25, 0.3) is 11.6 Å². The average molecular weight is 533 g/mol.